The van der Waals surface area contributed by atoms with E-state index in [1.807, 2.05) is 11.8 Å². The van der Waals surface area contributed by atoms with Gasteiger partial charge in [-0.25, -0.2) is 20.6 Å². The molecule has 0 radical (unpaired) electrons. The number of nitrogens with one attached hydrogen (secondary N) is 1. The highest BCUT2D eigenvalue weighted by Crippen LogP contribution is 2.43. The molecule has 2 aromatic carbocycles. The molecule has 0 saturated carbocycles. The lowest BCUT2D eigenvalue weighted by molar-refractivity contribution is 0.597. The van der Waals surface area contributed by atoms with Crippen LogP contribution in [0.25, 0.3) is 0 Å². The first-order valence-electron chi connectivity index (χ1n) is 6.17. The number of para-hydroxylation sites is 2. The van der Waals surface area contributed by atoms with Gasteiger partial charge in [0.1, 0.15) is 0 Å². The Balaban J connectivity index is 0.000000243. The molecule has 0 aromatic heterocycles. The zero-order valence-electron chi connectivity index (χ0n) is 12.3. The van der Waals surface area contributed by atoms with Crippen LogP contribution in [-0.4, -0.2) is 16.8 Å². The van der Waals surface area contributed by atoms with E-state index in [9.17, 15) is 16.8 Å². The van der Waals surface area contributed by atoms with Crippen molar-refractivity contribution in [2.75, 3.05) is 5.32 Å². The van der Waals surface area contributed by atoms with E-state index in [2.05, 4.69) is 74.4 Å². The molecule has 0 fully saturated rings. The van der Waals surface area contributed by atoms with Gasteiger partial charge in [0.05, 0.1) is 11.4 Å². The molecule has 0 unspecified atom stereocenters. The minimum absolute atomic E-state index is 1.20. The summed E-state index contributed by atoms with van der Waals surface area (Å²) >= 11 is 1.82. The fraction of sp³-hybridized carbons (Fsp3) is 0. The Labute approximate surface area is 144 Å². The molecule has 132 valence electrons. The van der Waals surface area contributed by atoms with Crippen LogP contribution in [0.5, 0.6) is 0 Å². The van der Waals surface area contributed by atoms with Crippen molar-refractivity contribution < 1.29 is 16.8 Å². The van der Waals surface area contributed by atoms with E-state index in [0.717, 1.165) is 0 Å². The van der Waals surface area contributed by atoms with Crippen molar-refractivity contribution in [1.82, 2.24) is 0 Å². The summed E-state index contributed by atoms with van der Waals surface area (Å²) in [7, 11) is -7.33. The van der Waals surface area contributed by atoms with Gasteiger partial charge in [0.25, 0.3) is 20.4 Å². The summed E-state index contributed by atoms with van der Waals surface area (Å²) in [6, 6.07) is 16.8. The zero-order chi connectivity index (χ0) is 18.4. The summed E-state index contributed by atoms with van der Waals surface area (Å²) in [6.45, 7) is 0. The van der Waals surface area contributed by atoms with Gasteiger partial charge >= 0.3 is 0 Å². The second kappa shape index (κ2) is 8.43. The van der Waals surface area contributed by atoms with Crippen LogP contribution in [0.2, 0.25) is 0 Å². The Bertz CT molecular complexity index is 767. The van der Waals surface area contributed by atoms with Gasteiger partial charge in [-0.3, -0.25) is 0 Å². The smallest absolute Gasteiger partial charge is 0.271 e. The van der Waals surface area contributed by atoms with Crippen molar-refractivity contribution in [3.8, 4) is 0 Å². The van der Waals surface area contributed by atoms with E-state index in [-0.39, 0.29) is 0 Å². The van der Waals surface area contributed by atoms with E-state index in [1.165, 1.54) is 21.2 Å². The molecule has 0 atom stereocenters. The Morgan fingerprint density at radius 2 is 0.958 bits per heavy atom. The normalized spacial score (nSPS) is 12.2. The predicted octanol–water partition coefficient (Wildman–Crippen LogP) is 0.192. The molecule has 1 aliphatic rings. The largest absolute Gasteiger partial charge is 0.354 e. The SMILES string of the molecule is NS(N)(=O)=O.NS(N)(=O)=O.c1ccc2c(c1)Nc1ccccc1S2. The van der Waals surface area contributed by atoms with Gasteiger partial charge in [-0.15, -0.1) is 0 Å². The number of rotatable bonds is 0. The number of fused-ring (bicyclic) bond motifs is 2. The van der Waals surface area contributed by atoms with Crippen LogP contribution in [0.1, 0.15) is 0 Å². The van der Waals surface area contributed by atoms with Crippen molar-refractivity contribution in [2.24, 2.45) is 20.6 Å². The molecular formula is C12H17N5O4S3. The second-order valence-electron chi connectivity index (χ2n) is 4.40. The lowest BCUT2D eigenvalue weighted by Gasteiger charge is -2.19. The van der Waals surface area contributed by atoms with Crippen LogP contribution >= 0.6 is 11.8 Å². The number of hydrogen-bond acceptors (Lipinski definition) is 6. The first-order chi connectivity index (χ1) is 10.9. The summed E-state index contributed by atoms with van der Waals surface area (Å²) in [5.74, 6) is 0. The lowest BCUT2D eigenvalue weighted by Crippen LogP contribution is -2.21. The summed E-state index contributed by atoms with van der Waals surface area (Å²) in [6.07, 6.45) is 0. The van der Waals surface area contributed by atoms with Gasteiger partial charge in [0.2, 0.25) is 0 Å². The third kappa shape index (κ3) is 9.46. The predicted molar refractivity (Wildman–Crippen MR) is 94.9 cm³/mol. The fourth-order valence-electron chi connectivity index (χ4n) is 1.58. The van der Waals surface area contributed by atoms with Gasteiger partial charge < -0.3 is 5.32 Å². The standard InChI is InChI=1S/C12H9NS.2H4N2O2S/c1-3-7-11-9(5-1)13-10-6-2-4-8-12(10)14-11;2*1-5(2,3)4/h1-8,13H;2*(H4,1,2,3,4). The average Bonchev–Trinajstić information content (AvgIpc) is 2.41. The third-order valence-electron chi connectivity index (χ3n) is 2.26. The van der Waals surface area contributed by atoms with Gasteiger partial charge in [0, 0.05) is 9.79 Å². The molecule has 0 saturated heterocycles. The summed E-state index contributed by atoms with van der Waals surface area (Å²) in [5, 5.41) is 19.8. The van der Waals surface area contributed by atoms with E-state index in [4.69, 9.17) is 0 Å². The molecule has 0 aliphatic carbocycles. The van der Waals surface area contributed by atoms with E-state index in [1.54, 1.807) is 0 Å². The Morgan fingerprint density at radius 1 is 0.667 bits per heavy atom. The molecule has 12 heteroatoms. The maximum absolute atomic E-state index is 9.19. The Morgan fingerprint density at radius 3 is 1.29 bits per heavy atom. The first-order valence-corrected chi connectivity index (χ1v) is 10.2. The van der Waals surface area contributed by atoms with Crippen LogP contribution in [0.3, 0.4) is 0 Å². The van der Waals surface area contributed by atoms with E-state index < -0.39 is 20.4 Å². The monoisotopic (exact) mass is 391 g/mol. The minimum atomic E-state index is -3.67. The molecule has 1 heterocycles. The highest BCUT2D eigenvalue weighted by atomic mass is 32.2. The highest BCUT2D eigenvalue weighted by molar-refractivity contribution is 7.99. The molecule has 24 heavy (non-hydrogen) atoms. The number of benzene rings is 2. The first kappa shape index (κ1) is 20.4. The Hall–Kier alpha value is -1.67. The van der Waals surface area contributed by atoms with Gasteiger partial charge in [-0.1, -0.05) is 36.0 Å². The summed E-state index contributed by atoms with van der Waals surface area (Å²) in [4.78, 5) is 2.59. The molecule has 0 amide bonds. The van der Waals surface area contributed by atoms with Gasteiger partial charge in [0.15, 0.2) is 0 Å². The molecule has 0 spiro atoms. The number of hydrogen-bond donors (Lipinski definition) is 5. The van der Waals surface area contributed by atoms with Crippen LogP contribution in [0.4, 0.5) is 11.4 Å². The third-order valence-corrected chi connectivity index (χ3v) is 3.42. The lowest BCUT2D eigenvalue weighted by atomic mass is 10.2. The molecule has 1 aliphatic heterocycles. The van der Waals surface area contributed by atoms with Crippen molar-refractivity contribution in [3.05, 3.63) is 48.5 Å². The number of nitrogens with two attached hydrogens (primary N) is 4. The quantitative estimate of drug-likeness (QED) is 0.364. The number of anilines is 2. The van der Waals surface area contributed by atoms with Crippen molar-refractivity contribution in [2.45, 2.75) is 9.79 Å². The average molecular weight is 392 g/mol. The van der Waals surface area contributed by atoms with Crippen molar-refractivity contribution in [1.29, 1.82) is 0 Å². The van der Waals surface area contributed by atoms with Gasteiger partial charge in [-0.2, -0.15) is 16.8 Å². The molecular weight excluding hydrogens is 374 g/mol. The van der Waals surface area contributed by atoms with Gasteiger partial charge in [-0.05, 0) is 24.3 Å². The van der Waals surface area contributed by atoms with Crippen molar-refractivity contribution in [3.63, 3.8) is 0 Å². The van der Waals surface area contributed by atoms with Crippen LogP contribution in [0.15, 0.2) is 58.3 Å². The topological polar surface area (TPSA) is 184 Å². The summed E-state index contributed by atoms with van der Waals surface area (Å²) < 4.78 is 36.8. The fourth-order valence-corrected chi connectivity index (χ4v) is 2.57. The maximum atomic E-state index is 9.19. The highest BCUT2D eigenvalue weighted by Gasteiger charge is 2.13. The maximum Gasteiger partial charge on any atom is 0.271 e. The van der Waals surface area contributed by atoms with Crippen LogP contribution < -0.4 is 25.9 Å². The zero-order valence-corrected chi connectivity index (χ0v) is 14.7. The van der Waals surface area contributed by atoms with E-state index in [0.29, 0.717) is 0 Å². The molecule has 2 aromatic rings. The van der Waals surface area contributed by atoms with E-state index >= 15 is 0 Å². The molecule has 9 N–H and O–H groups in total. The minimum Gasteiger partial charge on any atom is -0.354 e. The second-order valence-corrected chi connectivity index (χ2v) is 7.84. The van der Waals surface area contributed by atoms with Crippen LogP contribution in [-0.2, 0) is 20.4 Å². The molecule has 3 rings (SSSR count). The van der Waals surface area contributed by atoms with Crippen molar-refractivity contribution >= 4 is 43.6 Å². The van der Waals surface area contributed by atoms with Crippen LogP contribution in [0, 0.1) is 0 Å². The molecule has 0 bridgehead atoms. The molecule has 9 nitrogen and oxygen atoms in total. The Kier molecular flexibility index (Phi) is 7.16. The summed E-state index contributed by atoms with van der Waals surface area (Å²) in [5.41, 5.74) is 2.41.